The minimum atomic E-state index is -0.820. The monoisotopic (exact) mass is 257 g/mol. The molecule has 0 aromatic heterocycles. The number of amides is 1. The van der Waals surface area contributed by atoms with Crippen LogP contribution in [0.2, 0.25) is 0 Å². The molecule has 0 spiro atoms. The Kier molecular flexibility index (Phi) is 4.99. The first-order chi connectivity index (χ1) is 8.35. The molecule has 18 heavy (non-hydrogen) atoms. The van der Waals surface area contributed by atoms with Crippen LogP contribution in [0.3, 0.4) is 0 Å². The molecule has 0 heterocycles. The Bertz CT molecular complexity index is 306. The Morgan fingerprint density at radius 1 is 1.39 bits per heavy atom. The van der Waals surface area contributed by atoms with E-state index in [0.717, 1.165) is 12.8 Å². The number of nitrogens with one attached hydrogen (secondary N) is 1. The number of hydrogen-bond acceptors (Lipinski definition) is 3. The van der Waals surface area contributed by atoms with Gasteiger partial charge >= 0.3 is 12.1 Å². The summed E-state index contributed by atoms with van der Waals surface area (Å²) >= 11 is 0. The molecule has 0 aliphatic heterocycles. The first-order valence-electron chi connectivity index (χ1n) is 6.53. The predicted octanol–water partition coefficient (Wildman–Crippen LogP) is 2.40. The second kappa shape index (κ2) is 6.07. The van der Waals surface area contributed by atoms with Gasteiger partial charge in [0, 0.05) is 6.54 Å². The van der Waals surface area contributed by atoms with Gasteiger partial charge in [0.05, 0.1) is 11.5 Å². The van der Waals surface area contributed by atoms with E-state index in [1.165, 1.54) is 0 Å². The lowest BCUT2D eigenvalue weighted by atomic mass is 9.71. The van der Waals surface area contributed by atoms with Crippen LogP contribution in [0.25, 0.3) is 0 Å². The van der Waals surface area contributed by atoms with Crippen molar-refractivity contribution in [2.45, 2.75) is 52.6 Å². The molecule has 5 nitrogen and oxygen atoms in total. The summed E-state index contributed by atoms with van der Waals surface area (Å²) in [6.45, 7) is 5.80. The molecule has 0 bridgehead atoms. The molecule has 0 atom stereocenters. The van der Waals surface area contributed by atoms with Crippen molar-refractivity contribution in [1.82, 2.24) is 5.32 Å². The molecule has 1 aliphatic carbocycles. The number of carbonyl (C=O) groups is 2. The summed E-state index contributed by atoms with van der Waals surface area (Å²) in [6.07, 6.45) is 2.29. The number of alkyl carbamates (subject to hydrolysis) is 1. The van der Waals surface area contributed by atoms with Gasteiger partial charge in [-0.2, -0.15) is 0 Å². The summed E-state index contributed by atoms with van der Waals surface area (Å²) < 4.78 is 4.94. The third-order valence-electron chi connectivity index (χ3n) is 3.60. The molecule has 104 valence electrons. The van der Waals surface area contributed by atoms with E-state index in [9.17, 15) is 14.7 Å². The molecule has 1 amide bonds. The van der Waals surface area contributed by atoms with Crippen molar-refractivity contribution in [3.8, 4) is 0 Å². The highest BCUT2D eigenvalue weighted by Gasteiger charge is 2.41. The SMILES string of the molecule is CC1CCC(CNC(=O)OC(C)C)(C(=O)O)CC1. The maximum atomic E-state index is 11.4. The molecule has 1 aliphatic rings. The number of rotatable bonds is 4. The van der Waals surface area contributed by atoms with E-state index in [2.05, 4.69) is 12.2 Å². The maximum Gasteiger partial charge on any atom is 0.407 e. The van der Waals surface area contributed by atoms with Crippen molar-refractivity contribution in [1.29, 1.82) is 0 Å². The smallest absolute Gasteiger partial charge is 0.407 e. The van der Waals surface area contributed by atoms with Gasteiger partial charge in [0.1, 0.15) is 0 Å². The standard InChI is InChI=1S/C13H23NO4/c1-9(2)18-12(17)14-8-13(11(15)16)6-4-10(3)5-7-13/h9-10H,4-8H2,1-3H3,(H,14,17)(H,15,16). The van der Waals surface area contributed by atoms with E-state index in [-0.39, 0.29) is 12.6 Å². The lowest BCUT2D eigenvalue weighted by molar-refractivity contribution is -0.151. The number of aliphatic carboxylic acids is 1. The average Bonchev–Trinajstić information content (AvgIpc) is 2.27. The van der Waals surface area contributed by atoms with Crippen molar-refractivity contribution < 1.29 is 19.4 Å². The van der Waals surface area contributed by atoms with Crippen LogP contribution in [0.1, 0.15) is 46.5 Å². The van der Waals surface area contributed by atoms with E-state index in [1.54, 1.807) is 13.8 Å². The van der Waals surface area contributed by atoms with E-state index in [0.29, 0.717) is 18.8 Å². The van der Waals surface area contributed by atoms with Gasteiger partial charge in [-0.15, -0.1) is 0 Å². The lowest BCUT2D eigenvalue weighted by Crippen LogP contribution is -2.45. The van der Waals surface area contributed by atoms with Crippen LogP contribution >= 0.6 is 0 Å². The number of carbonyl (C=O) groups excluding carboxylic acids is 1. The van der Waals surface area contributed by atoms with Gasteiger partial charge in [-0.05, 0) is 45.4 Å². The molecule has 2 N–H and O–H groups in total. The van der Waals surface area contributed by atoms with Crippen molar-refractivity contribution >= 4 is 12.1 Å². The summed E-state index contributed by atoms with van der Waals surface area (Å²) in [4.78, 5) is 22.8. The Balaban J connectivity index is 2.54. The fraction of sp³-hybridized carbons (Fsp3) is 0.846. The molecule has 5 heteroatoms. The highest BCUT2D eigenvalue weighted by atomic mass is 16.6. The molecule has 1 saturated carbocycles. The van der Waals surface area contributed by atoms with E-state index >= 15 is 0 Å². The zero-order valence-electron chi connectivity index (χ0n) is 11.4. The Hall–Kier alpha value is -1.26. The molecule has 0 aromatic carbocycles. The largest absolute Gasteiger partial charge is 0.481 e. The fourth-order valence-corrected chi connectivity index (χ4v) is 2.28. The molecule has 1 fully saturated rings. The van der Waals surface area contributed by atoms with E-state index < -0.39 is 17.5 Å². The van der Waals surface area contributed by atoms with Crippen molar-refractivity contribution in [2.24, 2.45) is 11.3 Å². The molecule has 0 saturated heterocycles. The van der Waals surface area contributed by atoms with Crippen LogP contribution in [0.4, 0.5) is 4.79 Å². The minimum Gasteiger partial charge on any atom is -0.481 e. The quantitative estimate of drug-likeness (QED) is 0.811. The molecular formula is C13H23NO4. The van der Waals surface area contributed by atoms with Gasteiger partial charge in [-0.3, -0.25) is 4.79 Å². The number of carboxylic acids is 1. The normalized spacial score (nSPS) is 27.9. The molecular weight excluding hydrogens is 234 g/mol. The maximum absolute atomic E-state index is 11.4. The van der Waals surface area contributed by atoms with Gasteiger partial charge in [0.25, 0.3) is 0 Å². The van der Waals surface area contributed by atoms with Crippen LogP contribution in [0.5, 0.6) is 0 Å². The van der Waals surface area contributed by atoms with Crippen LogP contribution in [0.15, 0.2) is 0 Å². The summed E-state index contributed by atoms with van der Waals surface area (Å²) in [5.74, 6) is -0.251. The second-order valence-corrected chi connectivity index (χ2v) is 5.58. The van der Waals surface area contributed by atoms with Gasteiger partial charge < -0.3 is 15.2 Å². The second-order valence-electron chi connectivity index (χ2n) is 5.58. The minimum absolute atomic E-state index is 0.153. The highest BCUT2D eigenvalue weighted by Crippen LogP contribution is 2.38. The topological polar surface area (TPSA) is 75.6 Å². The predicted molar refractivity (Wildman–Crippen MR) is 67.3 cm³/mol. The van der Waals surface area contributed by atoms with Gasteiger partial charge in [0.2, 0.25) is 0 Å². The first kappa shape index (κ1) is 14.8. The average molecular weight is 257 g/mol. The Morgan fingerprint density at radius 3 is 2.39 bits per heavy atom. The molecule has 0 aromatic rings. The van der Waals surface area contributed by atoms with Crippen LogP contribution in [-0.4, -0.2) is 29.8 Å². The van der Waals surface area contributed by atoms with Crippen LogP contribution in [0, 0.1) is 11.3 Å². The number of ether oxygens (including phenoxy) is 1. The van der Waals surface area contributed by atoms with Gasteiger partial charge in [0.15, 0.2) is 0 Å². The third-order valence-corrected chi connectivity index (χ3v) is 3.60. The Labute approximate surface area is 108 Å². The van der Waals surface area contributed by atoms with Crippen LogP contribution in [-0.2, 0) is 9.53 Å². The Morgan fingerprint density at radius 2 is 1.94 bits per heavy atom. The van der Waals surface area contributed by atoms with Gasteiger partial charge in [-0.1, -0.05) is 6.92 Å². The van der Waals surface area contributed by atoms with Crippen molar-refractivity contribution in [2.75, 3.05) is 6.54 Å². The zero-order chi connectivity index (χ0) is 13.8. The van der Waals surface area contributed by atoms with E-state index in [1.807, 2.05) is 0 Å². The van der Waals surface area contributed by atoms with Crippen LogP contribution < -0.4 is 5.32 Å². The highest BCUT2D eigenvalue weighted by molar-refractivity contribution is 5.76. The summed E-state index contributed by atoms with van der Waals surface area (Å²) in [6, 6.07) is 0. The first-order valence-corrected chi connectivity index (χ1v) is 6.53. The van der Waals surface area contributed by atoms with Crippen molar-refractivity contribution in [3.05, 3.63) is 0 Å². The summed E-state index contributed by atoms with van der Waals surface area (Å²) in [7, 11) is 0. The zero-order valence-corrected chi connectivity index (χ0v) is 11.4. The van der Waals surface area contributed by atoms with E-state index in [4.69, 9.17) is 4.74 Å². The molecule has 1 rings (SSSR count). The van der Waals surface area contributed by atoms with Gasteiger partial charge in [-0.25, -0.2) is 4.79 Å². The summed E-state index contributed by atoms with van der Waals surface area (Å²) in [5, 5.41) is 12.0. The lowest BCUT2D eigenvalue weighted by Gasteiger charge is -2.35. The number of carboxylic acid groups (broad SMARTS) is 1. The fourth-order valence-electron chi connectivity index (χ4n) is 2.28. The number of hydrogen-bond donors (Lipinski definition) is 2. The molecule has 0 radical (unpaired) electrons. The van der Waals surface area contributed by atoms with Crippen molar-refractivity contribution in [3.63, 3.8) is 0 Å². The molecule has 0 unspecified atom stereocenters. The summed E-state index contributed by atoms with van der Waals surface area (Å²) in [5.41, 5.74) is -0.817. The third kappa shape index (κ3) is 3.89.